The molecular weight excluding hydrogens is 272 g/mol. The molecule has 114 valence electrons. The molecule has 0 saturated carbocycles. The molecule has 2 atom stereocenters. The van der Waals surface area contributed by atoms with Crippen LogP contribution < -0.4 is 5.32 Å². The van der Waals surface area contributed by atoms with Gasteiger partial charge >= 0.3 is 0 Å². The summed E-state index contributed by atoms with van der Waals surface area (Å²) >= 11 is 6.40. The first kappa shape index (κ1) is 15.8. The Balaban J connectivity index is 2.11. The Kier molecular flexibility index (Phi) is 5.47. The third-order valence-corrected chi connectivity index (χ3v) is 4.83. The average molecular weight is 299 g/mol. The number of hydrogen-bond acceptors (Lipinski definition) is 3. The van der Waals surface area contributed by atoms with E-state index < -0.39 is 0 Å². The van der Waals surface area contributed by atoms with Crippen molar-refractivity contribution in [3.8, 4) is 0 Å². The molecule has 2 rings (SSSR count). The van der Waals surface area contributed by atoms with Crippen molar-refractivity contribution in [1.29, 1.82) is 0 Å². The molecule has 1 aliphatic heterocycles. The van der Waals surface area contributed by atoms with E-state index in [4.69, 9.17) is 11.6 Å². The molecule has 5 heteroatoms. The predicted molar refractivity (Wildman–Crippen MR) is 84.1 cm³/mol. The first-order chi connectivity index (χ1) is 9.56. The van der Waals surface area contributed by atoms with Gasteiger partial charge in [-0.3, -0.25) is 9.58 Å². The van der Waals surface area contributed by atoms with Gasteiger partial charge in [0.2, 0.25) is 0 Å². The second kappa shape index (κ2) is 6.92. The molecule has 1 aromatic heterocycles. The van der Waals surface area contributed by atoms with Gasteiger partial charge in [0, 0.05) is 38.8 Å². The number of aryl methyl sites for hydroxylation is 2. The Morgan fingerprint density at radius 3 is 2.70 bits per heavy atom. The number of nitrogens with zero attached hydrogens (tertiary/aromatic N) is 3. The van der Waals surface area contributed by atoms with Crippen LogP contribution in [-0.4, -0.2) is 39.9 Å². The van der Waals surface area contributed by atoms with Crippen LogP contribution >= 0.6 is 11.6 Å². The Morgan fingerprint density at radius 1 is 1.40 bits per heavy atom. The monoisotopic (exact) mass is 298 g/mol. The molecule has 0 amide bonds. The minimum Gasteiger partial charge on any atom is -0.311 e. The Bertz CT molecular complexity index is 443. The molecule has 4 nitrogen and oxygen atoms in total. The second-order valence-corrected chi connectivity index (χ2v) is 6.23. The number of halogens is 1. The molecule has 2 unspecified atom stereocenters. The number of piperazine rings is 1. The van der Waals surface area contributed by atoms with E-state index in [2.05, 4.69) is 29.2 Å². The van der Waals surface area contributed by atoms with Crippen LogP contribution in [0, 0.1) is 6.92 Å². The van der Waals surface area contributed by atoms with E-state index in [-0.39, 0.29) is 0 Å². The minimum atomic E-state index is 0.592. The smallest absolute Gasteiger partial charge is 0.0860 e. The summed E-state index contributed by atoms with van der Waals surface area (Å²) in [5.74, 6) is 0. The molecule has 20 heavy (non-hydrogen) atoms. The lowest BCUT2D eigenvalue weighted by molar-refractivity contribution is 0.113. The summed E-state index contributed by atoms with van der Waals surface area (Å²) in [5.41, 5.74) is 2.07. The summed E-state index contributed by atoms with van der Waals surface area (Å²) in [5, 5.41) is 8.93. The number of rotatable bonds is 5. The third-order valence-electron chi connectivity index (χ3n) is 4.34. The highest BCUT2D eigenvalue weighted by molar-refractivity contribution is 6.31. The molecule has 1 N–H and O–H groups in total. The van der Waals surface area contributed by atoms with Gasteiger partial charge in [-0.2, -0.15) is 5.10 Å². The summed E-state index contributed by atoms with van der Waals surface area (Å²) in [6.45, 7) is 9.56. The zero-order valence-corrected chi connectivity index (χ0v) is 13.9. The first-order valence-corrected chi connectivity index (χ1v) is 8.10. The summed E-state index contributed by atoms with van der Waals surface area (Å²) in [6.07, 6.45) is 3.64. The van der Waals surface area contributed by atoms with Gasteiger partial charge in [0.25, 0.3) is 0 Å². The minimum absolute atomic E-state index is 0.592. The van der Waals surface area contributed by atoms with Gasteiger partial charge in [0.05, 0.1) is 16.4 Å². The van der Waals surface area contributed by atoms with Gasteiger partial charge in [0.15, 0.2) is 0 Å². The van der Waals surface area contributed by atoms with Crippen LogP contribution in [0.3, 0.4) is 0 Å². The van der Waals surface area contributed by atoms with E-state index in [0.717, 1.165) is 36.0 Å². The molecule has 1 aliphatic rings. The van der Waals surface area contributed by atoms with Crippen molar-refractivity contribution in [2.75, 3.05) is 13.1 Å². The van der Waals surface area contributed by atoms with Crippen LogP contribution in [0.5, 0.6) is 0 Å². The Hall–Kier alpha value is -0.580. The van der Waals surface area contributed by atoms with Crippen LogP contribution in [-0.2, 0) is 13.6 Å². The number of nitrogens with one attached hydrogen (secondary N) is 1. The van der Waals surface area contributed by atoms with E-state index in [1.54, 1.807) is 0 Å². The standard InChI is InChI=1S/C15H27ClN4/c1-5-7-12-9-20(13(6-2)8-17-12)10-14-15(16)11(3)18-19(14)4/h12-13,17H,5-10H2,1-4H3. The highest BCUT2D eigenvalue weighted by Crippen LogP contribution is 2.23. The second-order valence-electron chi connectivity index (χ2n) is 5.86. The van der Waals surface area contributed by atoms with Crippen molar-refractivity contribution >= 4 is 11.6 Å². The maximum Gasteiger partial charge on any atom is 0.0860 e. The molecule has 1 aromatic rings. The van der Waals surface area contributed by atoms with Crippen LogP contribution in [0.25, 0.3) is 0 Å². The summed E-state index contributed by atoms with van der Waals surface area (Å²) < 4.78 is 1.93. The maximum atomic E-state index is 6.40. The van der Waals surface area contributed by atoms with Crippen LogP contribution in [0.15, 0.2) is 0 Å². The fourth-order valence-electron chi connectivity index (χ4n) is 3.11. The van der Waals surface area contributed by atoms with E-state index in [1.807, 2.05) is 18.7 Å². The molecule has 0 aliphatic carbocycles. The van der Waals surface area contributed by atoms with Crippen LogP contribution in [0.1, 0.15) is 44.5 Å². The van der Waals surface area contributed by atoms with Crippen molar-refractivity contribution in [3.05, 3.63) is 16.4 Å². The lowest BCUT2D eigenvalue weighted by Crippen LogP contribution is -2.55. The van der Waals surface area contributed by atoms with Crippen LogP contribution in [0.2, 0.25) is 5.02 Å². The summed E-state index contributed by atoms with van der Waals surface area (Å²) in [7, 11) is 1.99. The van der Waals surface area contributed by atoms with Gasteiger partial charge in [-0.1, -0.05) is 31.9 Å². The fourth-order valence-corrected chi connectivity index (χ4v) is 3.33. The quantitative estimate of drug-likeness (QED) is 0.907. The molecule has 0 aromatic carbocycles. The fraction of sp³-hybridized carbons (Fsp3) is 0.800. The average Bonchev–Trinajstić information content (AvgIpc) is 2.66. The van der Waals surface area contributed by atoms with Gasteiger partial charge in [-0.25, -0.2) is 0 Å². The maximum absolute atomic E-state index is 6.40. The molecule has 0 radical (unpaired) electrons. The highest BCUT2D eigenvalue weighted by atomic mass is 35.5. The summed E-state index contributed by atoms with van der Waals surface area (Å²) in [4.78, 5) is 2.57. The van der Waals surface area contributed by atoms with Crippen molar-refractivity contribution in [1.82, 2.24) is 20.0 Å². The largest absolute Gasteiger partial charge is 0.311 e. The van der Waals surface area contributed by atoms with E-state index in [0.29, 0.717) is 12.1 Å². The van der Waals surface area contributed by atoms with Crippen LogP contribution in [0.4, 0.5) is 0 Å². The van der Waals surface area contributed by atoms with E-state index >= 15 is 0 Å². The van der Waals surface area contributed by atoms with Crippen molar-refractivity contribution in [2.45, 2.75) is 58.7 Å². The van der Waals surface area contributed by atoms with Gasteiger partial charge in [-0.15, -0.1) is 0 Å². The Morgan fingerprint density at radius 2 is 2.15 bits per heavy atom. The van der Waals surface area contributed by atoms with Gasteiger partial charge in [-0.05, 0) is 19.8 Å². The molecule has 0 bridgehead atoms. The SMILES string of the molecule is CCCC1CN(Cc2c(Cl)c(C)nn2C)C(CC)CN1. The predicted octanol–water partition coefficient (Wildman–Crippen LogP) is 2.73. The lowest BCUT2D eigenvalue weighted by atomic mass is 10.0. The molecular formula is C15H27ClN4. The van der Waals surface area contributed by atoms with E-state index in [1.165, 1.54) is 19.3 Å². The van der Waals surface area contributed by atoms with Gasteiger partial charge < -0.3 is 5.32 Å². The number of aromatic nitrogens is 2. The van der Waals surface area contributed by atoms with Crippen molar-refractivity contribution in [3.63, 3.8) is 0 Å². The Labute approximate surface area is 127 Å². The number of hydrogen-bond donors (Lipinski definition) is 1. The topological polar surface area (TPSA) is 33.1 Å². The van der Waals surface area contributed by atoms with Crippen molar-refractivity contribution in [2.24, 2.45) is 7.05 Å². The third kappa shape index (κ3) is 3.35. The molecule has 0 spiro atoms. The highest BCUT2D eigenvalue weighted by Gasteiger charge is 2.27. The lowest BCUT2D eigenvalue weighted by Gasteiger charge is -2.40. The molecule has 2 heterocycles. The van der Waals surface area contributed by atoms with E-state index in [9.17, 15) is 0 Å². The van der Waals surface area contributed by atoms with Crippen molar-refractivity contribution < 1.29 is 0 Å². The molecule has 1 saturated heterocycles. The van der Waals surface area contributed by atoms with Gasteiger partial charge in [0.1, 0.15) is 0 Å². The normalized spacial score (nSPS) is 24.2. The summed E-state index contributed by atoms with van der Waals surface area (Å²) in [6, 6.07) is 1.20. The molecule has 1 fully saturated rings. The zero-order valence-electron chi connectivity index (χ0n) is 13.1. The zero-order chi connectivity index (χ0) is 14.7. The first-order valence-electron chi connectivity index (χ1n) is 7.72.